The number of carboxylic acids is 1. The van der Waals surface area contributed by atoms with Crippen LogP contribution >= 0.6 is 0 Å². The predicted octanol–water partition coefficient (Wildman–Crippen LogP) is -1.27. The quantitative estimate of drug-likeness (QED) is 0.493. The van der Waals surface area contributed by atoms with Crippen molar-refractivity contribution in [3.63, 3.8) is 0 Å². The number of likely N-dealkylation sites (N-methyl/N-ethyl adjacent to an activating group) is 1. The van der Waals surface area contributed by atoms with Gasteiger partial charge in [-0.2, -0.15) is 0 Å². The third-order valence-electron chi connectivity index (χ3n) is 1.96. The summed E-state index contributed by atoms with van der Waals surface area (Å²) in [7, 11) is 2.67. The van der Waals surface area contributed by atoms with Gasteiger partial charge < -0.3 is 20.5 Å². The minimum absolute atomic E-state index is 0.351. The minimum atomic E-state index is -1.10. The second-order valence-corrected chi connectivity index (χ2v) is 3.19. The van der Waals surface area contributed by atoms with Gasteiger partial charge in [0.25, 0.3) is 0 Å². The number of hydrogen-bond donors (Lipinski definition) is 3. The van der Waals surface area contributed by atoms with Crippen LogP contribution in [0.2, 0.25) is 0 Å². The largest absolute Gasteiger partial charge is 0.481 e. The van der Waals surface area contributed by atoms with Gasteiger partial charge in [0, 0.05) is 0 Å². The lowest BCUT2D eigenvalue weighted by Gasteiger charge is -2.17. The number of amides is 1. The Bertz CT molecular complexity index is 279. The van der Waals surface area contributed by atoms with Gasteiger partial charge in [0.05, 0.1) is 19.6 Å². The molecule has 0 radical (unpaired) electrons. The molecule has 0 unspecified atom stereocenters. The molecule has 7 heteroatoms. The van der Waals surface area contributed by atoms with Gasteiger partial charge >= 0.3 is 11.9 Å². The number of nitrogens with one attached hydrogen (secondary N) is 2. The summed E-state index contributed by atoms with van der Waals surface area (Å²) in [6.07, 6.45) is -0.351. The summed E-state index contributed by atoms with van der Waals surface area (Å²) in [6, 6.07) is -1.67. The van der Waals surface area contributed by atoms with E-state index in [1.807, 2.05) is 0 Å². The van der Waals surface area contributed by atoms with Gasteiger partial charge in [-0.15, -0.1) is 0 Å². The molecule has 0 fully saturated rings. The van der Waals surface area contributed by atoms with E-state index in [-0.39, 0.29) is 6.42 Å². The van der Waals surface area contributed by atoms with Crippen molar-refractivity contribution in [1.82, 2.24) is 10.6 Å². The molecule has 0 saturated heterocycles. The van der Waals surface area contributed by atoms with Crippen LogP contribution in [0.1, 0.15) is 13.3 Å². The number of methoxy groups -OCH3 is 1. The molecule has 0 rings (SSSR count). The van der Waals surface area contributed by atoms with E-state index in [9.17, 15) is 14.4 Å². The predicted molar refractivity (Wildman–Crippen MR) is 54.7 cm³/mol. The Morgan fingerprint density at radius 3 is 2.31 bits per heavy atom. The zero-order chi connectivity index (χ0) is 12.7. The first-order valence-electron chi connectivity index (χ1n) is 4.69. The van der Waals surface area contributed by atoms with E-state index in [1.165, 1.54) is 21.1 Å². The van der Waals surface area contributed by atoms with Crippen LogP contribution in [0, 0.1) is 0 Å². The van der Waals surface area contributed by atoms with E-state index < -0.39 is 29.9 Å². The Kier molecular flexibility index (Phi) is 6.09. The molecule has 16 heavy (non-hydrogen) atoms. The molecule has 1 amide bonds. The zero-order valence-electron chi connectivity index (χ0n) is 9.44. The molecule has 0 heterocycles. The minimum Gasteiger partial charge on any atom is -0.481 e. The molecule has 92 valence electrons. The SMILES string of the molecule is CN[C@H](CC(=O)O)C(=O)N[C@@H](C)C(=O)OC. The average Bonchev–Trinajstić information content (AvgIpc) is 2.23. The van der Waals surface area contributed by atoms with E-state index in [4.69, 9.17) is 5.11 Å². The van der Waals surface area contributed by atoms with Crippen LogP contribution in [0.5, 0.6) is 0 Å². The van der Waals surface area contributed by atoms with E-state index in [0.29, 0.717) is 0 Å². The Morgan fingerprint density at radius 2 is 1.94 bits per heavy atom. The third-order valence-corrected chi connectivity index (χ3v) is 1.96. The van der Waals surface area contributed by atoms with E-state index in [0.717, 1.165) is 0 Å². The Balaban J connectivity index is 4.31. The first-order chi connectivity index (χ1) is 7.42. The van der Waals surface area contributed by atoms with Crippen LogP contribution in [-0.4, -0.2) is 49.2 Å². The fourth-order valence-corrected chi connectivity index (χ4v) is 1.05. The summed E-state index contributed by atoms with van der Waals surface area (Å²) >= 11 is 0. The van der Waals surface area contributed by atoms with Crippen molar-refractivity contribution in [2.45, 2.75) is 25.4 Å². The topological polar surface area (TPSA) is 105 Å². The van der Waals surface area contributed by atoms with Gasteiger partial charge in [-0.1, -0.05) is 0 Å². The Labute approximate surface area is 93.2 Å². The molecular formula is C9H16N2O5. The van der Waals surface area contributed by atoms with Crippen LogP contribution in [-0.2, 0) is 19.1 Å². The van der Waals surface area contributed by atoms with Crippen LogP contribution in [0.15, 0.2) is 0 Å². The van der Waals surface area contributed by atoms with Crippen molar-refractivity contribution in [3.05, 3.63) is 0 Å². The standard InChI is InChI=1S/C9H16N2O5/c1-5(9(15)16-3)11-8(14)6(10-2)4-7(12)13/h5-6,10H,4H2,1-3H3,(H,11,14)(H,12,13)/t5-,6+/m0/s1. The molecule has 3 N–H and O–H groups in total. The van der Waals surface area contributed by atoms with Crippen molar-refractivity contribution in [2.24, 2.45) is 0 Å². The molecule has 0 saturated carbocycles. The van der Waals surface area contributed by atoms with E-state index >= 15 is 0 Å². The average molecular weight is 232 g/mol. The summed E-state index contributed by atoms with van der Waals surface area (Å²) in [6.45, 7) is 1.46. The zero-order valence-corrected chi connectivity index (χ0v) is 9.44. The highest BCUT2D eigenvalue weighted by Crippen LogP contribution is 1.94. The van der Waals surface area contributed by atoms with Crippen LogP contribution < -0.4 is 10.6 Å². The van der Waals surface area contributed by atoms with Gasteiger partial charge in [0.2, 0.25) is 5.91 Å². The first-order valence-corrected chi connectivity index (χ1v) is 4.69. The number of ether oxygens (including phenoxy) is 1. The third kappa shape index (κ3) is 4.74. The molecule has 2 atom stereocenters. The number of carbonyl (C=O) groups is 3. The molecule has 7 nitrogen and oxygen atoms in total. The van der Waals surface area contributed by atoms with Gasteiger partial charge in [-0.25, -0.2) is 4.79 Å². The van der Waals surface area contributed by atoms with Crippen molar-refractivity contribution < 1.29 is 24.2 Å². The lowest BCUT2D eigenvalue weighted by Crippen LogP contribution is -2.49. The van der Waals surface area contributed by atoms with Crippen LogP contribution in [0.4, 0.5) is 0 Å². The number of aliphatic carboxylic acids is 1. The monoisotopic (exact) mass is 232 g/mol. The van der Waals surface area contributed by atoms with Crippen molar-refractivity contribution in [2.75, 3.05) is 14.2 Å². The van der Waals surface area contributed by atoms with E-state index in [1.54, 1.807) is 0 Å². The lowest BCUT2D eigenvalue weighted by molar-refractivity contribution is -0.145. The summed E-state index contributed by atoms with van der Waals surface area (Å²) in [5, 5.41) is 13.4. The molecule has 0 spiro atoms. The van der Waals surface area contributed by atoms with Crippen molar-refractivity contribution in [3.8, 4) is 0 Å². The highest BCUT2D eigenvalue weighted by atomic mass is 16.5. The normalized spacial score (nSPS) is 13.7. The van der Waals surface area contributed by atoms with Gasteiger partial charge in [-0.05, 0) is 14.0 Å². The van der Waals surface area contributed by atoms with Gasteiger partial charge in [0.1, 0.15) is 6.04 Å². The summed E-state index contributed by atoms with van der Waals surface area (Å²) < 4.78 is 4.42. The highest BCUT2D eigenvalue weighted by Gasteiger charge is 2.23. The first kappa shape index (κ1) is 14.4. The Hall–Kier alpha value is -1.63. The number of carboxylic acid groups (broad SMARTS) is 1. The molecule has 0 aliphatic carbocycles. The molecule has 0 bridgehead atoms. The second kappa shape index (κ2) is 6.78. The van der Waals surface area contributed by atoms with Gasteiger partial charge in [0.15, 0.2) is 0 Å². The number of esters is 1. The Morgan fingerprint density at radius 1 is 1.38 bits per heavy atom. The molecular weight excluding hydrogens is 216 g/mol. The summed E-state index contributed by atoms with van der Waals surface area (Å²) in [5.41, 5.74) is 0. The fourth-order valence-electron chi connectivity index (χ4n) is 1.05. The number of hydrogen-bond acceptors (Lipinski definition) is 5. The summed E-state index contributed by atoms with van der Waals surface area (Å²) in [4.78, 5) is 32.9. The van der Waals surface area contributed by atoms with Crippen molar-refractivity contribution in [1.29, 1.82) is 0 Å². The second-order valence-electron chi connectivity index (χ2n) is 3.19. The molecule has 0 aromatic heterocycles. The number of rotatable bonds is 6. The maximum absolute atomic E-state index is 11.5. The smallest absolute Gasteiger partial charge is 0.328 e. The molecule has 0 aliphatic heterocycles. The number of carbonyl (C=O) groups excluding carboxylic acids is 2. The maximum Gasteiger partial charge on any atom is 0.328 e. The molecule has 0 aliphatic rings. The lowest BCUT2D eigenvalue weighted by atomic mass is 10.2. The summed E-state index contributed by atoms with van der Waals surface area (Å²) in [5.74, 6) is -2.23. The van der Waals surface area contributed by atoms with Crippen molar-refractivity contribution >= 4 is 17.8 Å². The van der Waals surface area contributed by atoms with E-state index in [2.05, 4.69) is 15.4 Å². The molecule has 0 aromatic rings. The van der Waals surface area contributed by atoms with Crippen LogP contribution in [0.3, 0.4) is 0 Å². The maximum atomic E-state index is 11.5. The highest BCUT2D eigenvalue weighted by molar-refractivity contribution is 5.89. The van der Waals surface area contributed by atoms with Gasteiger partial charge in [-0.3, -0.25) is 9.59 Å². The van der Waals surface area contributed by atoms with Crippen LogP contribution in [0.25, 0.3) is 0 Å². The molecule has 0 aromatic carbocycles. The fraction of sp³-hybridized carbons (Fsp3) is 0.667.